The zero-order chi connectivity index (χ0) is 18.4. The van der Waals surface area contributed by atoms with Crippen LogP contribution in [0.5, 0.6) is 0 Å². The van der Waals surface area contributed by atoms with Crippen LogP contribution in [-0.4, -0.2) is 54.3 Å². The average molecular weight is 351 g/mol. The predicted octanol–water partition coefficient (Wildman–Crippen LogP) is 2.78. The summed E-state index contributed by atoms with van der Waals surface area (Å²) in [6, 6.07) is 17.2. The van der Waals surface area contributed by atoms with Crippen molar-refractivity contribution in [1.82, 2.24) is 9.80 Å². The van der Waals surface area contributed by atoms with Gasteiger partial charge in [-0.1, -0.05) is 35.9 Å². The lowest BCUT2D eigenvalue weighted by Gasteiger charge is -2.34. The summed E-state index contributed by atoms with van der Waals surface area (Å²) < 4.78 is 0. The number of benzene rings is 2. The van der Waals surface area contributed by atoms with Crippen molar-refractivity contribution < 1.29 is 9.59 Å². The second kappa shape index (κ2) is 8.63. The molecule has 1 heterocycles. The molecule has 1 fully saturated rings. The van der Waals surface area contributed by atoms with E-state index in [9.17, 15) is 9.59 Å². The van der Waals surface area contributed by atoms with Crippen molar-refractivity contribution in [2.24, 2.45) is 0 Å². The molecule has 2 aromatic rings. The number of para-hydroxylation sites is 1. The fourth-order valence-electron chi connectivity index (χ4n) is 3.14. The first-order chi connectivity index (χ1) is 12.6. The molecule has 0 atom stereocenters. The van der Waals surface area contributed by atoms with Gasteiger partial charge in [-0.15, -0.1) is 0 Å². The molecule has 0 spiro atoms. The second-order valence-corrected chi connectivity index (χ2v) is 6.67. The van der Waals surface area contributed by atoms with E-state index < -0.39 is 0 Å². The first kappa shape index (κ1) is 18.1. The Kier molecular flexibility index (Phi) is 6.02. The summed E-state index contributed by atoms with van der Waals surface area (Å²) in [6.45, 7) is 5.72. The summed E-state index contributed by atoms with van der Waals surface area (Å²) in [5, 5.41) is 2.91. The van der Waals surface area contributed by atoms with Crippen LogP contribution in [0.15, 0.2) is 54.6 Å². The topological polar surface area (TPSA) is 52.7 Å². The highest BCUT2D eigenvalue weighted by Gasteiger charge is 2.22. The van der Waals surface area contributed by atoms with Gasteiger partial charge in [0.2, 0.25) is 5.91 Å². The molecule has 2 aromatic carbocycles. The Morgan fingerprint density at radius 1 is 0.962 bits per heavy atom. The van der Waals surface area contributed by atoms with Gasteiger partial charge in [-0.25, -0.2) is 0 Å². The lowest BCUT2D eigenvalue weighted by Crippen LogP contribution is -2.49. The summed E-state index contributed by atoms with van der Waals surface area (Å²) in [7, 11) is 0. The Balaban J connectivity index is 1.42. The summed E-state index contributed by atoms with van der Waals surface area (Å²) in [4.78, 5) is 28.8. The summed E-state index contributed by atoms with van der Waals surface area (Å²) in [5.41, 5.74) is 2.67. The van der Waals surface area contributed by atoms with Crippen molar-refractivity contribution in [3.63, 3.8) is 0 Å². The largest absolute Gasteiger partial charge is 0.336 e. The Bertz CT molecular complexity index is 753. The Morgan fingerprint density at radius 2 is 1.69 bits per heavy atom. The Labute approximate surface area is 154 Å². The van der Waals surface area contributed by atoms with E-state index in [0.717, 1.165) is 29.9 Å². The summed E-state index contributed by atoms with van der Waals surface area (Å²) in [5.74, 6) is 0.115. The SMILES string of the molecule is Cc1cccc(C(=O)N2CCN(CCC(=O)Nc3ccccc3)CC2)c1. The molecule has 1 aliphatic rings. The number of nitrogens with zero attached hydrogens (tertiary/aromatic N) is 2. The van der Waals surface area contributed by atoms with E-state index in [1.54, 1.807) is 0 Å². The highest BCUT2D eigenvalue weighted by atomic mass is 16.2. The number of amides is 2. The minimum atomic E-state index is 0.0227. The molecule has 2 amide bonds. The molecular weight excluding hydrogens is 326 g/mol. The molecule has 1 saturated heterocycles. The second-order valence-electron chi connectivity index (χ2n) is 6.67. The number of carbonyl (C=O) groups excluding carboxylic acids is 2. The van der Waals surface area contributed by atoms with E-state index in [0.29, 0.717) is 26.1 Å². The zero-order valence-electron chi connectivity index (χ0n) is 15.1. The van der Waals surface area contributed by atoms with Crippen molar-refractivity contribution >= 4 is 17.5 Å². The molecule has 0 unspecified atom stereocenters. The first-order valence-corrected chi connectivity index (χ1v) is 9.05. The number of anilines is 1. The van der Waals surface area contributed by atoms with Crippen LogP contribution in [-0.2, 0) is 4.79 Å². The fourth-order valence-corrected chi connectivity index (χ4v) is 3.14. The van der Waals surface area contributed by atoms with Crippen LogP contribution < -0.4 is 5.32 Å². The highest BCUT2D eigenvalue weighted by molar-refractivity contribution is 5.94. The van der Waals surface area contributed by atoms with E-state index in [4.69, 9.17) is 0 Å². The van der Waals surface area contributed by atoms with E-state index in [1.165, 1.54) is 0 Å². The van der Waals surface area contributed by atoms with Gasteiger partial charge in [-0.2, -0.15) is 0 Å². The van der Waals surface area contributed by atoms with Gasteiger partial charge >= 0.3 is 0 Å². The molecule has 0 aliphatic carbocycles. The van der Waals surface area contributed by atoms with Crippen molar-refractivity contribution in [2.75, 3.05) is 38.0 Å². The molecule has 0 bridgehead atoms. The summed E-state index contributed by atoms with van der Waals surface area (Å²) >= 11 is 0. The van der Waals surface area contributed by atoms with Crippen LogP contribution in [0.2, 0.25) is 0 Å². The van der Waals surface area contributed by atoms with Crippen LogP contribution in [0.3, 0.4) is 0 Å². The number of hydrogen-bond donors (Lipinski definition) is 1. The van der Waals surface area contributed by atoms with Crippen molar-refractivity contribution in [1.29, 1.82) is 0 Å². The molecule has 0 saturated carbocycles. The maximum absolute atomic E-state index is 12.6. The Morgan fingerprint density at radius 3 is 2.38 bits per heavy atom. The minimum Gasteiger partial charge on any atom is -0.336 e. The van der Waals surface area contributed by atoms with E-state index in [-0.39, 0.29) is 11.8 Å². The summed E-state index contributed by atoms with van der Waals surface area (Å²) in [6.07, 6.45) is 0.459. The molecular formula is C21H25N3O2. The van der Waals surface area contributed by atoms with Gasteiger partial charge in [-0.05, 0) is 31.2 Å². The minimum absolute atomic E-state index is 0.0227. The van der Waals surface area contributed by atoms with Gasteiger partial charge in [0.25, 0.3) is 5.91 Å². The molecule has 0 aromatic heterocycles. The highest BCUT2D eigenvalue weighted by Crippen LogP contribution is 2.11. The van der Waals surface area contributed by atoms with Gasteiger partial charge in [-0.3, -0.25) is 14.5 Å². The number of piperazine rings is 1. The van der Waals surface area contributed by atoms with Crippen LogP contribution >= 0.6 is 0 Å². The van der Waals surface area contributed by atoms with E-state index in [1.807, 2.05) is 66.4 Å². The number of aryl methyl sites for hydroxylation is 1. The van der Waals surface area contributed by atoms with E-state index in [2.05, 4.69) is 10.2 Å². The lowest BCUT2D eigenvalue weighted by molar-refractivity contribution is -0.116. The lowest BCUT2D eigenvalue weighted by atomic mass is 10.1. The molecule has 0 radical (unpaired) electrons. The Hall–Kier alpha value is -2.66. The fraction of sp³-hybridized carbons (Fsp3) is 0.333. The van der Waals surface area contributed by atoms with Gasteiger partial charge in [0.1, 0.15) is 0 Å². The molecule has 1 aliphatic heterocycles. The third-order valence-electron chi connectivity index (χ3n) is 4.64. The van der Waals surface area contributed by atoms with Gasteiger partial charge in [0.05, 0.1) is 0 Å². The molecule has 136 valence electrons. The molecule has 5 nitrogen and oxygen atoms in total. The van der Waals surface area contributed by atoms with Crippen LogP contribution in [0.1, 0.15) is 22.3 Å². The zero-order valence-corrected chi connectivity index (χ0v) is 15.1. The molecule has 26 heavy (non-hydrogen) atoms. The maximum atomic E-state index is 12.6. The molecule has 1 N–H and O–H groups in total. The number of rotatable bonds is 5. The third-order valence-corrected chi connectivity index (χ3v) is 4.64. The standard InChI is InChI=1S/C21H25N3O2/c1-17-6-5-7-18(16-17)21(26)24-14-12-23(13-15-24)11-10-20(25)22-19-8-3-2-4-9-19/h2-9,16H,10-15H2,1H3,(H,22,25). The number of carbonyl (C=O) groups is 2. The van der Waals surface area contributed by atoms with Crippen molar-refractivity contribution in [3.8, 4) is 0 Å². The average Bonchev–Trinajstić information content (AvgIpc) is 2.67. The van der Waals surface area contributed by atoms with Gasteiger partial charge in [0.15, 0.2) is 0 Å². The van der Waals surface area contributed by atoms with Crippen LogP contribution in [0.25, 0.3) is 0 Å². The maximum Gasteiger partial charge on any atom is 0.253 e. The van der Waals surface area contributed by atoms with Crippen molar-refractivity contribution in [3.05, 3.63) is 65.7 Å². The first-order valence-electron chi connectivity index (χ1n) is 9.05. The monoisotopic (exact) mass is 351 g/mol. The van der Waals surface area contributed by atoms with E-state index >= 15 is 0 Å². The number of hydrogen-bond acceptors (Lipinski definition) is 3. The third kappa shape index (κ3) is 4.92. The quantitative estimate of drug-likeness (QED) is 0.901. The smallest absolute Gasteiger partial charge is 0.253 e. The van der Waals surface area contributed by atoms with Crippen LogP contribution in [0.4, 0.5) is 5.69 Å². The predicted molar refractivity (Wildman–Crippen MR) is 103 cm³/mol. The molecule has 3 rings (SSSR count). The van der Waals surface area contributed by atoms with Gasteiger partial charge < -0.3 is 10.2 Å². The van der Waals surface area contributed by atoms with Crippen molar-refractivity contribution in [2.45, 2.75) is 13.3 Å². The normalized spacial score (nSPS) is 14.9. The van der Waals surface area contributed by atoms with Gasteiger partial charge in [0, 0.05) is 50.4 Å². The van der Waals surface area contributed by atoms with Crippen LogP contribution in [0, 0.1) is 6.92 Å². The molecule has 5 heteroatoms. The number of nitrogens with one attached hydrogen (secondary N) is 1.